The summed E-state index contributed by atoms with van der Waals surface area (Å²) in [5, 5.41) is 2.69. The molecule has 3 aromatic heterocycles. The van der Waals surface area contributed by atoms with E-state index in [9.17, 15) is 14.0 Å². The van der Waals surface area contributed by atoms with E-state index in [1.54, 1.807) is 36.4 Å². The van der Waals surface area contributed by atoms with Crippen LogP contribution < -0.4 is 15.0 Å². The van der Waals surface area contributed by atoms with Crippen LogP contribution in [0.4, 0.5) is 20.7 Å². The van der Waals surface area contributed by atoms with E-state index in [1.807, 2.05) is 25.7 Å². The number of methoxy groups -OCH3 is 1. The van der Waals surface area contributed by atoms with Crippen molar-refractivity contribution in [2.24, 2.45) is 0 Å². The Balaban J connectivity index is 1.45. The number of aryl methyl sites for hydroxylation is 1. The highest BCUT2D eigenvalue weighted by Gasteiger charge is 2.27. The zero-order valence-electron chi connectivity index (χ0n) is 20.5. The molecule has 0 unspecified atom stereocenters. The van der Waals surface area contributed by atoms with Gasteiger partial charge in [-0.1, -0.05) is 0 Å². The van der Waals surface area contributed by atoms with Crippen molar-refractivity contribution in [2.75, 3.05) is 43.5 Å². The molecule has 186 valence electrons. The minimum absolute atomic E-state index is 0.148. The Bertz CT molecular complexity index is 1260. The molecular weight excluding hydrogens is 455 g/mol. The molecule has 0 radical (unpaired) electrons. The van der Waals surface area contributed by atoms with Crippen molar-refractivity contribution in [3.05, 3.63) is 47.7 Å². The number of imidazole rings is 1. The van der Waals surface area contributed by atoms with Gasteiger partial charge in [0.2, 0.25) is 5.88 Å². The Morgan fingerprint density at radius 2 is 1.80 bits per heavy atom. The summed E-state index contributed by atoms with van der Waals surface area (Å²) in [4.78, 5) is 37.5. The second-order valence-electron chi connectivity index (χ2n) is 9.32. The molecule has 3 aromatic rings. The maximum Gasteiger partial charge on any atom is 0.410 e. The van der Waals surface area contributed by atoms with Crippen molar-refractivity contribution in [3.63, 3.8) is 0 Å². The fourth-order valence-electron chi connectivity index (χ4n) is 3.83. The molecule has 0 saturated carbocycles. The van der Waals surface area contributed by atoms with Gasteiger partial charge in [0.1, 0.15) is 17.0 Å². The molecule has 4 heterocycles. The van der Waals surface area contributed by atoms with Crippen molar-refractivity contribution in [1.29, 1.82) is 0 Å². The molecule has 0 bridgehead atoms. The fraction of sp³-hybridized carbons (Fsp3) is 0.417. The molecule has 1 aliphatic heterocycles. The number of halogens is 1. The summed E-state index contributed by atoms with van der Waals surface area (Å²) in [6.45, 7) is 9.37. The summed E-state index contributed by atoms with van der Waals surface area (Å²) in [5.74, 6) is -0.244. The van der Waals surface area contributed by atoms with Crippen LogP contribution in [0.3, 0.4) is 0 Å². The van der Waals surface area contributed by atoms with Crippen molar-refractivity contribution in [3.8, 4) is 5.88 Å². The predicted molar refractivity (Wildman–Crippen MR) is 129 cm³/mol. The Morgan fingerprint density at radius 3 is 2.46 bits per heavy atom. The summed E-state index contributed by atoms with van der Waals surface area (Å²) in [5.41, 5.74) is 0.804. The number of amides is 2. The van der Waals surface area contributed by atoms with E-state index in [4.69, 9.17) is 9.47 Å². The molecule has 1 N–H and O–H groups in total. The van der Waals surface area contributed by atoms with Gasteiger partial charge in [0.25, 0.3) is 5.91 Å². The molecular formula is C24H29FN6O4. The minimum Gasteiger partial charge on any atom is -0.480 e. The van der Waals surface area contributed by atoms with Gasteiger partial charge in [0.05, 0.1) is 18.5 Å². The second-order valence-corrected chi connectivity index (χ2v) is 9.32. The highest BCUT2D eigenvalue weighted by atomic mass is 19.1. The van der Waals surface area contributed by atoms with E-state index in [0.29, 0.717) is 37.7 Å². The first kappa shape index (κ1) is 24.2. The zero-order valence-corrected chi connectivity index (χ0v) is 20.5. The molecule has 2 amide bonds. The number of hydrogen-bond acceptors (Lipinski definition) is 7. The molecule has 0 spiro atoms. The van der Waals surface area contributed by atoms with Crippen molar-refractivity contribution >= 4 is 29.2 Å². The van der Waals surface area contributed by atoms with Crippen LogP contribution in [-0.4, -0.2) is 70.2 Å². The Kier molecular flexibility index (Phi) is 6.51. The SMILES string of the molecule is COc1nc(N2CCN(C(=O)OC(C)(C)C)CC2)ccc1C(=O)Nc1cc(F)c2nc(C)cn2c1. The zero-order chi connectivity index (χ0) is 25.3. The molecule has 10 nitrogen and oxygen atoms in total. The number of anilines is 2. The third kappa shape index (κ3) is 5.44. The van der Waals surface area contributed by atoms with Gasteiger partial charge in [0.15, 0.2) is 11.5 Å². The minimum atomic E-state index is -0.547. The summed E-state index contributed by atoms with van der Waals surface area (Å²) in [6.07, 6.45) is 2.93. The lowest BCUT2D eigenvalue weighted by atomic mass is 10.2. The van der Waals surface area contributed by atoms with Crippen LogP contribution in [0.1, 0.15) is 36.8 Å². The number of hydrogen-bond donors (Lipinski definition) is 1. The Hall–Kier alpha value is -3.89. The van der Waals surface area contributed by atoms with Crippen LogP contribution in [0.5, 0.6) is 5.88 Å². The van der Waals surface area contributed by atoms with E-state index in [0.717, 1.165) is 0 Å². The summed E-state index contributed by atoms with van der Waals surface area (Å²) in [7, 11) is 1.43. The van der Waals surface area contributed by atoms with Gasteiger partial charge in [-0.3, -0.25) is 4.79 Å². The molecule has 1 fully saturated rings. The second kappa shape index (κ2) is 9.40. The van der Waals surface area contributed by atoms with Gasteiger partial charge in [-0.15, -0.1) is 0 Å². The lowest BCUT2D eigenvalue weighted by Gasteiger charge is -2.36. The average molecular weight is 485 g/mol. The van der Waals surface area contributed by atoms with Gasteiger partial charge in [-0.2, -0.15) is 4.98 Å². The topological polar surface area (TPSA) is 101 Å². The Labute approximate surface area is 202 Å². The molecule has 0 atom stereocenters. The number of pyridine rings is 2. The number of nitrogens with zero attached hydrogens (tertiary/aromatic N) is 5. The highest BCUT2D eigenvalue weighted by Crippen LogP contribution is 2.24. The third-order valence-corrected chi connectivity index (χ3v) is 5.42. The maximum absolute atomic E-state index is 14.4. The van der Waals surface area contributed by atoms with Crippen LogP contribution in [0.15, 0.2) is 30.6 Å². The number of carbonyl (C=O) groups is 2. The van der Waals surface area contributed by atoms with Crippen molar-refractivity contribution in [1.82, 2.24) is 19.3 Å². The largest absolute Gasteiger partial charge is 0.480 e. The standard InChI is InChI=1S/C24H29FN6O4/c1-15-13-31-14-16(12-18(25)20(31)26-15)27-21(32)17-6-7-19(28-22(17)34-5)29-8-10-30(11-9-29)23(33)35-24(2,3)4/h6-7,12-14H,8-11H2,1-5H3,(H,27,32). The molecule has 11 heteroatoms. The van der Waals surface area contributed by atoms with Crippen LogP contribution in [-0.2, 0) is 4.74 Å². The maximum atomic E-state index is 14.4. The number of ether oxygens (including phenoxy) is 2. The van der Waals surface area contributed by atoms with E-state index in [2.05, 4.69) is 15.3 Å². The Morgan fingerprint density at radius 1 is 1.09 bits per heavy atom. The number of nitrogens with one attached hydrogen (secondary N) is 1. The van der Waals surface area contributed by atoms with Crippen molar-refractivity contribution in [2.45, 2.75) is 33.3 Å². The number of aromatic nitrogens is 3. The number of carbonyl (C=O) groups excluding carboxylic acids is 2. The molecule has 0 aliphatic carbocycles. The number of piperazine rings is 1. The molecule has 1 aliphatic rings. The van der Waals surface area contributed by atoms with Crippen molar-refractivity contribution < 1.29 is 23.5 Å². The van der Waals surface area contributed by atoms with Crippen LogP contribution in [0.25, 0.3) is 5.65 Å². The van der Waals surface area contributed by atoms with Crippen LogP contribution in [0.2, 0.25) is 0 Å². The molecule has 0 aromatic carbocycles. The first-order chi connectivity index (χ1) is 16.5. The van der Waals surface area contributed by atoms with Gasteiger partial charge in [0, 0.05) is 44.6 Å². The highest BCUT2D eigenvalue weighted by molar-refractivity contribution is 6.06. The first-order valence-electron chi connectivity index (χ1n) is 11.3. The van der Waals surface area contributed by atoms with E-state index >= 15 is 0 Å². The average Bonchev–Trinajstić information content (AvgIpc) is 3.18. The van der Waals surface area contributed by atoms with E-state index < -0.39 is 17.3 Å². The van der Waals surface area contributed by atoms with E-state index in [-0.39, 0.29) is 28.9 Å². The molecule has 4 rings (SSSR count). The van der Waals surface area contributed by atoms with Crippen LogP contribution in [0, 0.1) is 12.7 Å². The van der Waals surface area contributed by atoms with Gasteiger partial charge >= 0.3 is 6.09 Å². The monoisotopic (exact) mass is 484 g/mol. The quantitative estimate of drug-likeness (QED) is 0.605. The smallest absolute Gasteiger partial charge is 0.410 e. The summed E-state index contributed by atoms with van der Waals surface area (Å²) < 4.78 is 26.7. The normalized spacial score (nSPS) is 14.2. The van der Waals surface area contributed by atoms with Gasteiger partial charge in [-0.25, -0.2) is 14.2 Å². The summed E-state index contributed by atoms with van der Waals surface area (Å²) >= 11 is 0. The lowest BCUT2D eigenvalue weighted by molar-refractivity contribution is 0.0240. The van der Waals surface area contributed by atoms with Gasteiger partial charge < -0.3 is 29.0 Å². The molecule has 35 heavy (non-hydrogen) atoms. The lowest BCUT2D eigenvalue weighted by Crippen LogP contribution is -2.50. The first-order valence-corrected chi connectivity index (χ1v) is 11.3. The summed E-state index contributed by atoms with van der Waals surface area (Å²) in [6, 6.07) is 4.56. The molecule has 1 saturated heterocycles. The van der Waals surface area contributed by atoms with Crippen LogP contribution >= 0.6 is 0 Å². The fourth-order valence-corrected chi connectivity index (χ4v) is 3.83. The number of fused-ring (bicyclic) bond motifs is 1. The van der Waals surface area contributed by atoms with Gasteiger partial charge in [-0.05, 0) is 39.8 Å². The predicted octanol–water partition coefficient (Wildman–Crippen LogP) is 3.49. The number of rotatable bonds is 4. The third-order valence-electron chi connectivity index (χ3n) is 5.42. The van der Waals surface area contributed by atoms with E-state index in [1.165, 1.54) is 17.6 Å².